The molecule has 0 saturated carbocycles. The maximum Gasteiger partial charge on any atom is 0.229 e. The van der Waals surface area contributed by atoms with Gasteiger partial charge in [0.15, 0.2) is 0 Å². The lowest BCUT2D eigenvalue weighted by atomic mass is 10.0. The summed E-state index contributed by atoms with van der Waals surface area (Å²) < 4.78 is 0. The van der Waals surface area contributed by atoms with E-state index in [0.29, 0.717) is 0 Å². The van der Waals surface area contributed by atoms with Crippen molar-refractivity contribution in [3.8, 4) is 0 Å². The zero-order valence-corrected chi connectivity index (χ0v) is 22.7. The number of rotatable bonds is 10. The molecule has 2 aromatic rings. The minimum Gasteiger partial charge on any atom is -0.369 e. The van der Waals surface area contributed by atoms with Crippen LogP contribution in [-0.2, 0) is 4.79 Å². The first kappa shape index (κ1) is 26.3. The summed E-state index contributed by atoms with van der Waals surface area (Å²) in [6, 6.07) is 17.3. The second-order valence-electron chi connectivity index (χ2n) is 10.4. The SMILES string of the molecule is CCCN1C(c2ccccc2)=CC(C(=O)NCCCCN2CCN(c3cccc(C)c3C)CC2)C1C. The first-order chi connectivity index (χ1) is 17.5. The number of carbonyl (C=O) groups is 1. The summed E-state index contributed by atoms with van der Waals surface area (Å²) in [4.78, 5) is 20.6. The number of unbranched alkanes of at least 4 members (excludes halogenated alkanes) is 1. The van der Waals surface area contributed by atoms with Gasteiger partial charge in [-0.3, -0.25) is 9.69 Å². The molecule has 5 heteroatoms. The molecule has 0 spiro atoms. The maximum absolute atomic E-state index is 13.1. The van der Waals surface area contributed by atoms with Crippen molar-refractivity contribution in [1.29, 1.82) is 0 Å². The van der Waals surface area contributed by atoms with Gasteiger partial charge in [0.2, 0.25) is 5.91 Å². The van der Waals surface area contributed by atoms with Gasteiger partial charge >= 0.3 is 0 Å². The van der Waals surface area contributed by atoms with Crippen LogP contribution in [-0.4, -0.2) is 67.6 Å². The molecule has 2 aliphatic heterocycles. The summed E-state index contributed by atoms with van der Waals surface area (Å²) in [5.41, 5.74) is 6.56. The average molecular weight is 489 g/mol. The molecule has 194 valence electrons. The first-order valence-corrected chi connectivity index (χ1v) is 13.8. The lowest BCUT2D eigenvalue weighted by Gasteiger charge is -2.37. The van der Waals surface area contributed by atoms with E-state index in [-0.39, 0.29) is 17.9 Å². The standard InChI is InChI=1S/C31H44N4O/c1-5-17-35-26(4)28(23-30(35)27-13-7-6-8-14-27)31(36)32-16-9-10-18-33-19-21-34(22-20-33)29-15-11-12-24(2)25(29)3/h6-8,11-15,23,26,28H,5,9-10,16-22H2,1-4H3,(H,32,36). The Balaban J connectivity index is 1.19. The summed E-state index contributed by atoms with van der Waals surface area (Å²) in [6.07, 6.45) is 5.40. The van der Waals surface area contributed by atoms with E-state index >= 15 is 0 Å². The molecular formula is C31H44N4O. The van der Waals surface area contributed by atoms with E-state index in [0.717, 1.165) is 65.1 Å². The highest BCUT2D eigenvalue weighted by Gasteiger charge is 2.35. The molecule has 5 nitrogen and oxygen atoms in total. The zero-order chi connectivity index (χ0) is 25.5. The van der Waals surface area contributed by atoms with Crippen LogP contribution in [0, 0.1) is 19.8 Å². The fourth-order valence-corrected chi connectivity index (χ4v) is 5.63. The largest absolute Gasteiger partial charge is 0.369 e. The molecule has 4 rings (SSSR count). The smallest absolute Gasteiger partial charge is 0.229 e. The highest BCUT2D eigenvalue weighted by Crippen LogP contribution is 2.34. The highest BCUT2D eigenvalue weighted by molar-refractivity contribution is 5.85. The quantitative estimate of drug-likeness (QED) is 0.473. The molecular weight excluding hydrogens is 444 g/mol. The van der Waals surface area contributed by atoms with Crippen LogP contribution in [0.2, 0.25) is 0 Å². The fourth-order valence-electron chi connectivity index (χ4n) is 5.63. The fraction of sp³-hybridized carbons (Fsp3) is 0.516. The van der Waals surface area contributed by atoms with Crippen molar-refractivity contribution in [3.63, 3.8) is 0 Å². The zero-order valence-electron chi connectivity index (χ0n) is 22.7. The van der Waals surface area contributed by atoms with Gasteiger partial charge in [-0.1, -0.05) is 49.4 Å². The summed E-state index contributed by atoms with van der Waals surface area (Å²) in [6.45, 7) is 16.1. The van der Waals surface area contributed by atoms with E-state index in [1.807, 2.05) is 6.07 Å². The topological polar surface area (TPSA) is 38.8 Å². The predicted molar refractivity (Wildman–Crippen MR) is 151 cm³/mol. The average Bonchev–Trinajstić information content (AvgIpc) is 3.22. The van der Waals surface area contributed by atoms with Crippen LogP contribution >= 0.6 is 0 Å². The Hall–Kier alpha value is -2.79. The van der Waals surface area contributed by atoms with E-state index in [1.165, 1.54) is 28.1 Å². The monoisotopic (exact) mass is 488 g/mol. The molecule has 2 heterocycles. The molecule has 1 saturated heterocycles. The van der Waals surface area contributed by atoms with E-state index in [2.05, 4.69) is 96.3 Å². The number of anilines is 1. The molecule has 1 N–H and O–H groups in total. The van der Waals surface area contributed by atoms with Crippen LogP contribution in [0.3, 0.4) is 0 Å². The van der Waals surface area contributed by atoms with E-state index in [9.17, 15) is 4.79 Å². The third-order valence-corrected chi connectivity index (χ3v) is 7.98. The summed E-state index contributed by atoms with van der Waals surface area (Å²) in [5, 5.41) is 3.23. The van der Waals surface area contributed by atoms with Crippen LogP contribution < -0.4 is 10.2 Å². The molecule has 2 unspecified atom stereocenters. The Labute approximate surface area is 218 Å². The Morgan fingerprint density at radius 2 is 1.69 bits per heavy atom. The van der Waals surface area contributed by atoms with Crippen LogP contribution in [0.5, 0.6) is 0 Å². The molecule has 0 bridgehead atoms. The Morgan fingerprint density at radius 1 is 0.944 bits per heavy atom. The Bertz CT molecular complexity index is 1030. The number of hydrogen-bond acceptors (Lipinski definition) is 4. The van der Waals surface area contributed by atoms with Crippen molar-refractivity contribution >= 4 is 17.3 Å². The van der Waals surface area contributed by atoms with Gasteiger partial charge in [0.05, 0.1) is 5.92 Å². The normalized spacial score (nSPS) is 20.5. The first-order valence-electron chi connectivity index (χ1n) is 13.8. The van der Waals surface area contributed by atoms with Crippen molar-refractivity contribution in [1.82, 2.24) is 15.1 Å². The van der Waals surface area contributed by atoms with Gasteiger partial charge < -0.3 is 15.1 Å². The molecule has 2 atom stereocenters. The van der Waals surface area contributed by atoms with Crippen LogP contribution in [0.15, 0.2) is 54.6 Å². The number of amides is 1. The summed E-state index contributed by atoms with van der Waals surface area (Å²) >= 11 is 0. The molecule has 0 aliphatic carbocycles. The number of piperazine rings is 1. The molecule has 1 amide bonds. The minimum absolute atomic E-state index is 0.0927. The number of nitrogens with zero attached hydrogens (tertiary/aromatic N) is 3. The second-order valence-corrected chi connectivity index (χ2v) is 10.4. The van der Waals surface area contributed by atoms with Crippen molar-refractivity contribution in [2.75, 3.05) is 50.7 Å². The van der Waals surface area contributed by atoms with Gasteiger partial charge in [0, 0.05) is 56.7 Å². The third kappa shape index (κ3) is 6.12. The van der Waals surface area contributed by atoms with Crippen molar-refractivity contribution in [2.45, 2.75) is 53.0 Å². The van der Waals surface area contributed by atoms with Crippen LogP contribution in [0.4, 0.5) is 5.69 Å². The number of carbonyl (C=O) groups excluding carboxylic acids is 1. The van der Waals surface area contributed by atoms with Gasteiger partial charge in [-0.2, -0.15) is 0 Å². The van der Waals surface area contributed by atoms with Crippen LogP contribution in [0.1, 0.15) is 49.8 Å². The number of hydrogen-bond donors (Lipinski definition) is 1. The van der Waals surface area contributed by atoms with Gasteiger partial charge in [-0.05, 0) is 75.4 Å². The lowest BCUT2D eigenvalue weighted by molar-refractivity contribution is -0.124. The Morgan fingerprint density at radius 3 is 2.42 bits per heavy atom. The van der Waals surface area contributed by atoms with Crippen molar-refractivity contribution in [3.05, 3.63) is 71.3 Å². The molecule has 2 aromatic carbocycles. The molecule has 2 aliphatic rings. The number of nitrogens with one attached hydrogen (secondary N) is 1. The number of aryl methyl sites for hydroxylation is 1. The maximum atomic E-state index is 13.1. The van der Waals surface area contributed by atoms with Gasteiger partial charge in [-0.15, -0.1) is 0 Å². The van der Waals surface area contributed by atoms with Crippen LogP contribution in [0.25, 0.3) is 5.70 Å². The number of benzene rings is 2. The van der Waals surface area contributed by atoms with Crippen molar-refractivity contribution in [2.24, 2.45) is 5.92 Å². The molecule has 36 heavy (non-hydrogen) atoms. The second kappa shape index (κ2) is 12.4. The molecule has 0 aromatic heterocycles. The van der Waals surface area contributed by atoms with E-state index < -0.39 is 0 Å². The molecule has 1 fully saturated rings. The highest BCUT2D eigenvalue weighted by atomic mass is 16.1. The molecule has 0 radical (unpaired) electrons. The Kier molecular flexibility index (Phi) is 9.08. The predicted octanol–water partition coefficient (Wildman–Crippen LogP) is 5.09. The lowest BCUT2D eigenvalue weighted by Crippen LogP contribution is -2.47. The van der Waals surface area contributed by atoms with Gasteiger partial charge in [0.1, 0.15) is 0 Å². The van der Waals surface area contributed by atoms with E-state index in [1.54, 1.807) is 0 Å². The van der Waals surface area contributed by atoms with E-state index in [4.69, 9.17) is 0 Å². The minimum atomic E-state index is -0.0927. The van der Waals surface area contributed by atoms with Gasteiger partial charge in [0.25, 0.3) is 0 Å². The van der Waals surface area contributed by atoms with Crippen molar-refractivity contribution < 1.29 is 4.79 Å². The third-order valence-electron chi connectivity index (χ3n) is 7.98. The summed E-state index contributed by atoms with van der Waals surface area (Å²) in [5.74, 6) is 0.0709. The summed E-state index contributed by atoms with van der Waals surface area (Å²) in [7, 11) is 0. The van der Waals surface area contributed by atoms with Gasteiger partial charge in [-0.25, -0.2) is 0 Å².